The van der Waals surface area contributed by atoms with Crippen molar-refractivity contribution in [1.82, 2.24) is 15.2 Å². The van der Waals surface area contributed by atoms with E-state index in [1.807, 2.05) is 47.2 Å². The van der Waals surface area contributed by atoms with E-state index in [-0.39, 0.29) is 31.3 Å². The summed E-state index contributed by atoms with van der Waals surface area (Å²) in [6.45, 7) is 0.976. The number of thiophene rings is 1. The lowest BCUT2D eigenvalue weighted by molar-refractivity contribution is -0.145. The van der Waals surface area contributed by atoms with Crippen LogP contribution in [0.15, 0.2) is 51.6 Å². The number of carboxylic acids is 1. The first-order valence-corrected chi connectivity index (χ1v) is 13.1. The van der Waals surface area contributed by atoms with Gasteiger partial charge in [0.15, 0.2) is 5.76 Å². The van der Waals surface area contributed by atoms with Crippen LogP contribution in [0.5, 0.6) is 0 Å². The standard InChI is InChI=1S/C25H23N3O5S2/c29-21(28-10-3-5-16(13-28)25(31)32)7-9-26-23(30)22-17(8-11-34-22)24-27-18(14-35-24)20-12-15-4-1-2-6-19(15)33-20/h1-2,4,6,8,11-12,14,16H,3,5,7,9-10,13H2,(H,26,30)(H,31,32). The molecule has 10 heteroatoms. The van der Waals surface area contributed by atoms with Crippen molar-refractivity contribution in [2.75, 3.05) is 19.6 Å². The molecule has 4 heterocycles. The second kappa shape index (κ2) is 10.0. The summed E-state index contributed by atoms with van der Waals surface area (Å²) in [6, 6.07) is 11.6. The Morgan fingerprint density at radius 1 is 1.20 bits per heavy atom. The van der Waals surface area contributed by atoms with Gasteiger partial charge >= 0.3 is 5.97 Å². The van der Waals surface area contributed by atoms with Crippen molar-refractivity contribution < 1.29 is 23.9 Å². The molecule has 0 bridgehead atoms. The molecule has 1 fully saturated rings. The van der Waals surface area contributed by atoms with Crippen LogP contribution >= 0.6 is 22.7 Å². The molecule has 180 valence electrons. The summed E-state index contributed by atoms with van der Waals surface area (Å²) < 4.78 is 5.91. The maximum absolute atomic E-state index is 12.8. The molecule has 8 nitrogen and oxygen atoms in total. The summed E-state index contributed by atoms with van der Waals surface area (Å²) in [5.41, 5.74) is 2.25. The van der Waals surface area contributed by atoms with E-state index in [1.54, 1.807) is 4.90 Å². The number of aromatic nitrogens is 1. The molecule has 1 aliphatic rings. The zero-order valence-electron chi connectivity index (χ0n) is 18.7. The predicted molar refractivity (Wildman–Crippen MR) is 135 cm³/mol. The fraction of sp³-hybridized carbons (Fsp3) is 0.280. The fourth-order valence-corrected chi connectivity index (χ4v) is 5.91. The quantitative estimate of drug-likeness (QED) is 0.373. The number of carbonyl (C=O) groups is 3. The van der Waals surface area contributed by atoms with Gasteiger partial charge in [-0.25, -0.2) is 4.98 Å². The lowest BCUT2D eigenvalue weighted by Crippen LogP contribution is -2.43. The number of aliphatic carboxylic acids is 1. The number of carbonyl (C=O) groups excluding carboxylic acids is 2. The van der Waals surface area contributed by atoms with Crippen LogP contribution < -0.4 is 5.32 Å². The van der Waals surface area contributed by atoms with Crippen molar-refractivity contribution in [1.29, 1.82) is 0 Å². The summed E-state index contributed by atoms with van der Waals surface area (Å²) in [4.78, 5) is 43.4. The molecule has 2 amide bonds. The van der Waals surface area contributed by atoms with Gasteiger partial charge in [0.05, 0.1) is 5.92 Å². The molecule has 1 aromatic carbocycles. The van der Waals surface area contributed by atoms with Crippen molar-refractivity contribution in [3.63, 3.8) is 0 Å². The molecule has 0 aliphatic carbocycles. The molecule has 1 aliphatic heterocycles. The average Bonchev–Trinajstić information content (AvgIpc) is 3.62. The van der Waals surface area contributed by atoms with Crippen LogP contribution in [-0.2, 0) is 9.59 Å². The van der Waals surface area contributed by atoms with Crippen molar-refractivity contribution >= 4 is 51.4 Å². The number of piperidine rings is 1. The SMILES string of the molecule is O=C(NCCC(=O)N1CCCC(C(=O)O)C1)c1sccc1-c1nc(-c2cc3ccccc3o2)cs1. The topological polar surface area (TPSA) is 113 Å². The first-order chi connectivity index (χ1) is 17.0. The molecule has 0 radical (unpaired) electrons. The van der Waals surface area contributed by atoms with E-state index in [1.165, 1.54) is 22.7 Å². The van der Waals surface area contributed by atoms with Gasteiger partial charge in [-0.1, -0.05) is 18.2 Å². The minimum atomic E-state index is -0.869. The highest BCUT2D eigenvalue weighted by atomic mass is 32.1. The lowest BCUT2D eigenvalue weighted by Gasteiger charge is -2.30. The highest BCUT2D eigenvalue weighted by Gasteiger charge is 2.28. The largest absolute Gasteiger partial charge is 0.481 e. The van der Waals surface area contributed by atoms with Crippen LogP contribution in [-0.4, -0.2) is 52.4 Å². The van der Waals surface area contributed by atoms with Gasteiger partial charge in [-0.2, -0.15) is 0 Å². The van der Waals surface area contributed by atoms with Gasteiger partial charge in [-0.05, 0) is 36.4 Å². The second-order valence-electron chi connectivity index (χ2n) is 8.37. The molecule has 2 N–H and O–H groups in total. The number of hydrogen-bond donors (Lipinski definition) is 2. The highest BCUT2D eigenvalue weighted by Crippen LogP contribution is 2.35. The van der Waals surface area contributed by atoms with Crippen LogP contribution in [0.1, 0.15) is 28.9 Å². The van der Waals surface area contributed by atoms with Crippen molar-refractivity contribution in [2.24, 2.45) is 5.92 Å². The van der Waals surface area contributed by atoms with E-state index in [9.17, 15) is 19.5 Å². The zero-order chi connectivity index (χ0) is 24.4. The number of para-hydroxylation sites is 1. The number of likely N-dealkylation sites (tertiary alicyclic amines) is 1. The maximum Gasteiger partial charge on any atom is 0.308 e. The first-order valence-electron chi connectivity index (χ1n) is 11.3. The van der Waals surface area contributed by atoms with Crippen LogP contribution in [0, 0.1) is 5.92 Å². The summed E-state index contributed by atoms with van der Waals surface area (Å²) in [7, 11) is 0. The van der Waals surface area contributed by atoms with Gasteiger partial charge < -0.3 is 19.7 Å². The van der Waals surface area contributed by atoms with E-state index >= 15 is 0 Å². The summed E-state index contributed by atoms with van der Waals surface area (Å²) >= 11 is 2.76. The van der Waals surface area contributed by atoms with Gasteiger partial charge in [-0.15, -0.1) is 22.7 Å². The Bertz CT molecular complexity index is 1360. The summed E-state index contributed by atoms with van der Waals surface area (Å²) in [5, 5.41) is 17.5. The van der Waals surface area contributed by atoms with Crippen LogP contribution in [0.2, 0.25) is 0 Å². The van der Waals surface area contributed by atoms with E-state index in [4.69, 9.17) is 9.40 Å². The Labute approximate surface area is 209 Å². The monoisotopic (exact) mass is 509 g/mol. The molecule has 3 aromatic heterocycles. The number of nitrogens with zero attached hydrogens (tertiary/aromatic N) is 2. The Morgan fingerprint density at radius 2 is 2.06 bits per heavy atom. The van der Waals surface area contributed by atoms with Crippen LogP contribution in [0.25, 0.3) is 33.0 Å². The van der Waals surface area contributed by atoms with Gasteiger partial charge in [0, 0.05) is 42.4 Å². The van der Waals surface area contributed by atoms with E-state index in [2.05, 4.69) is 5.32 Å². The normalized spacial score (nSPS) is 15.9. The molecular weight excluding hydrogens is 486 g/mol. The molecule has 4 aromatic rings. The number of fused-ring (bicyclic) bond motifs is 1. The van der Waals surface area contributed by atoms with Gasteiger partial charge in [0.1, 0.15) is 21.2 Å². The van der Waals surface area contributed by atoms with E-state index in [0.29, 0.717) is 35.7 Å². The number of benzene rings is 1. The number of carboxylic acid groups (broad SMARTS) is 1. The first kappa shape index (κ1) is 23.3. The van der Waals surface area contributed by atoms with E-state index < -0.39 is 11.9 Å². The molecule has 0 spiro atoms. The smallest absolute Gasteiger partial charge is 0.308 e. The second-order valence-corrected chi connectivity index (χ2v) is 10.1. The summed E-state index contributed by atoms with van der Waals surface area (Å²) in [6.07, 6.45) is 1.40. The Balaban J connectivity index is 1.21. The third-order valence-electron chi connectivity index (χ3n) is 6.03. The van der Waals surface area contributed by atoms with E-state index in [0.717, 1.165) is 21.5 Å². The van der Waals surface area contributed by atoms with Gasteiger partial charge in [-0.3, -0.25) is 14.4 Å². The van der Waals surface area contributed by atoms with Crippen LogP contribution in [0.4, 0.5) is 0 Å². The molecule has 1 unspecified atom stereocenters. The average molecular weight is 510 g/mol. The molecule has 1 atom stereocenters. The third kappa shape index (κ3) is 4.98. The van der Waals surface area contributed by atoms with Gasteiger partial charge in [0.2, 0.25) is 5.91 Å². The maximum atomic E-state index is 12.8. The number of thiazole rings is 1. The van der Waals surface area contributed by atoms with Crippen molar-refractivity contribution in [3.05, 3.63) is 52.0 Å². The number of furan rings is 1. The number of amides is 2. The third-order valence-corrected chi connectivity index (χ3v) is 7.82. The zero-order valence-corrected chi connectivity index (χ0v) is 20.4. The lowest BCUT2D eigenvalue weighted by atomic mass is 9.98. The van der Waals surface area contributed by atoms with Crippen molar-refractivity contribution in [2.45, 2.75) is 19.3 Å². The highest BCUT2D eigenvalue weighted by molar-refractivity contribution is 7.15. The number of hydrogen-bond acceptors (Lipinski definition) is 7. The Kier molecular flexibility index (Phi) is 6.65. The Morgan fingerprint density at radius 3 is 2.89 bits per heavy atom. The van der Waals surface area contributed by atoms with Crippen LogP contribution in [0.3, 0.4) is 0 Å². The predicted octanol–water partition coefficient (Wildman–Crippen LogP) is 4.73. The Hall–Kier alpha value is -3.50. The molecule has 35 heavy (non-hydrogen) atoms. The minimum absolute atomic E-state index is 0.131. The van der Waals surface area contributed by atoms with Crippen molar-refractivity contribution in [3.8, 4) is 22.0 Å². The minimum Gasteiger partial charge on any atom is -0.481 e. The number of nitrogens with one attached hydrogen (secondary N) is 1. The molecular formula is C25H23N3O5S2. The molecule has 5 rings (SSSR count). The molecule has 1 saturated heterocycles. The fourth-order valence-electron chi connectivity index (χ4n) is 4.20. The van der Waals surface area contributed by atoms with Gasteiger partial charge in [0.25, 0.3) is 5.91 Å². The summed E-state index contributed by atoms with van der Waals surface area (Å²) in [5.74, 6) is -1.11. The molecule has 0 saturated carbocycles. The number of rotatable bonds is 7.